The van der Waals surface area contributed by atoms with Crippen molar-refractivity contribution in [1.29, 1.82) is 0 Å². The fourth-order valence-electron chi connectivity index (χ4n) is 1.48. The van der Waals surface area contributed by atoms with Gasteiger partial charge in [-0.3, -0.25) is 0 Å². The van der Waals surface area contributed by atoms with Gasteiger partial charge in [0.25, 0.3) is 0 Å². The van der Waals surface area contributed by atoms with Crippen LogP contribution in [-0.4, -0.2) is 21.5 Å². The van der Waals surface area contributed by atoms with E-state index in [1.807, 2.05) is 6.92 Å². The molecule has 0 saturated carbocycles. The third kappa shape index (κ3) is 4.37. The third-order valence-corrected chi connectivity index (χ3v) is 2.87. The Morgan fingerprint density at radius 3 is 2.25 bits per heavy atom. The molecule has 0 fully saturated rings. The number of nitrogens with zero attached hydrogens (tertiary/aromatic N) is 3. The fraction of sp³-hybridized carbons (Fsp3) is 0.250. The molecule has 1 heterocycles. The molecular weight excluding hydrogens is 321 g/mol. The smallest absolute Gasteiger partial charge is 0.233 e. The monoisotopic (exact) mass is 331 g/mol. The van der Waals surface area contributed by atoms with Crippen LogP contribution in [0.15, 0.2) is 18.2 Å². The van der Waals surface area contributed by atoms with Gasteiger partial charge >= 0.3 is 0 Å². The zero-order valence-corrected chi connectivity index (χ0v) is 12.9. The van der Waals surface area contributed by atoms with E-state index in [1.165, 1.54) is 0 Å². The van der Waals surface area contributed by atoms with Crippen LogP contribution >= 0.6 is 34.8 Å². The molecule has 0 atom stereocenters. The Bertz CT molecular complexity index is 585. The first kappa shape index (κ1) is 15.1. The number of anilines is 3. The van der Waals surface area contributed by atoms with Crippen LogP contribution in [0, 0.1) is 0 Å². The first-order valence-electron chi connectivity index (χ1n) is 5.95. The van der Waals surface area contributed by atoms with E-state index in [1.54, 1.807) is 18.2 Å². The van der Waals surface area contributed by atoms with E-state index in [0.717, 1.165) is 13.0 Å². The predicted molar refractivity (Wildman–Crippen MR) is 83.4 cm³/mol. The van der Waals surface area contributed by atoms with Crippen LogP contribution < -0.4 is 10.6 Å². The molecule has 0 saturated heterocycles. The second kappa shape index (κ2) is 6.92. The molecule has 0 aliphatic heterocycles. The highest BCUT2D eigenvalue weighted by atomic mass is 35.5. The molecule has 0 radical (unpaired) electrons. The Balaban J connectivity index is 2.21. The van der Waals surface area contributed by atoms with Crippen molar-refractivity contribution in [3.05, 3.63) is 33.5 Å². The molecule has 1 aromatic carbocycles. The molecule has 1 aromatic heterocycles. The van der Waals surface area contributed by atoms with Crippen LogP contribution in [-0.2, 0) is 0 Å². The number of benzene rings is 1. The number of halogens is 3. The Morgan fingerprint density at radius 2 is 1.60 bits per heavy atom. The molecule has 8 heteroatoms. The summed E-state index contributed by atoms with van der Waals surface area (Å²) in [5.41, 5.74) is 0.672. The molecule has 2 rings (SSSR count). The molecule has 5 nitrogen and oxygen atoms in total. The third-order valence-electron chi connectivity index (χ3n) is 2.26. The van der Waals surface area contributed by atoms with Gasteiger partial charge in [-0.25, -0.2) is 0 Å². The van der Waals surface area contributed by atoms with E-state index < -0.39 is 0 Å². The van der Waals surface area contributed by atoms with Gasteiger partial charge in [0.1, 0.15) is 0 Å². The van der Waals surface area contributed by atoms with E-state index in [9.17, 15) is 0 Å². The van der Waals surface area contributed by atoms with Crippen LogP contribution in [0.2, 0.25) is 15.3 Å². The molecule has 106 valence electrons. The van der Waals surface area contributed by atoms with E-state index in [0.29, 0.717) is 27.6 Å². The maximum absolute atomic E-state index is 5.93. The minimum absolute atomic E-state index is 0.106. The molecule has 20 heavy (non-hydrogen) atoms. The average Bonchev–Trinajstić information content (AvgIpc) is 2.34. The van der Waals surface area contributed by atoms with Crippen molar-refractivity contribution in [3.63, 3.8) is 0 Å². The lowest BCUT2D eigenvalue weighted by Crippen LogP contribution is -2.07. The predicted octanol–water partition coefficient (Wildman–Crippen LogP) is 4.40. The molecule has 0 aliphatic carbocycles. The van der Waals surface area contributed by atoms with Crippen LogP contribution in [0.4, 0.5) is 17.6 Å². The van der Waals surface area contributed by atoms with Crippen molar-refractivity contribution in [3.8, 4) is 0 Å². The number of hydrogen-bond donors (Lipinski definition) is 2. The lowest BCUT2D eigenvalue weighted by Gasteiger charge is -2.08. The van der Waals surface area contributed by atoms with Crippen molar-refractivity contribution in [1.82, 2.24) is 15.0 Å². The fourth-order valence-corrected chi connectivity index (χ4v) is 2.16. The highest BCUT2D eigenvalue weighted by Gasteiger charge is 2.06. The standard InChI is InChI=1S/C12H12Cl3N5/c1-2-3-16-11-18-10(15)19-12(20-11)17-9-5-7(13)4-8(14)6-9/h4-6H,2-3H2,1H3,(H2,16,17,18,19,20). The summed E-state index contributed by atoms with van der Waals surface area (Å²) in [5.74, 6) is 0.740. The molecule has 0 aliphatic rings. The number of hydrogen-bond acceptors (Lipinski definition) is 5. The topological polar surface area (TPSA) is 62.7 Å². The molecule has 0 spiro atoms. The summed E-state index contributed by atoms with van der Waals surface area (Å²) in [7, 11) is 0. The minimum Gasteiger partial charge on any atom is -0.354 e. The highest BCUT2D eigenvalue weighted by molar-refractivity contribution is 6.35. The Hall–Kier alpha value is -1.30. The van der Waals surface area contributed by atoms with Gasteiger partial charge < -0.3 is 10.6 Å². The molecule has 0 amide bonds. The van der Waals surface area contributed by atoms with Gasteiger partial charge in [-0.15, -0.1) is 0 Å². The Labute approximate surface area is 131 Å². The van der Waals surface area contributed by atoms with Crippen molar-refractivity contribution >= 4 is 52.4 Å². The second-order valence-electron chi connectivity index (χ2n) is 3.96. The molecule has 2 aromatic rings. The summed E-state index contributed by atoms with van der Waals surface area (Å²) in [6, 6.07) is 5.07. The normalized spacial score (nSPS) is 10.4. The summed E-state index contributed by atoms with van der Waals surface area (Å²) in [6.45, 7) is 2.80. The minimum atomic E-state index is 0.106. The lowest BCUT2D eigenvalue weighted by atomic mass is 10.3. The van der Waals surface area contributed by atoms with E-state index in [2.05, 4.69) is 25.6 Å². The Morgan fingerprint density at radius 1 is 0.950 bits per heavy atom. The summed E-state index contributed by atoms with van der Waals surface area (Å²) in [5, 5.41) is 7.17. The summed E-state index contributed by atoms with van der Waals surface area (Å²) >= 11 is 17.7. The number of aromatic nitrogens is 3. The van der Waals surface area contributed by atoms with Crippen LogP contribution in [0.5, 0.6) is 0 Å². The van der Waals surface area contributed by atoms with Gasteiger partial charge in [0.15, 0.2) is 0 Å². The summed E-state index contributed by atoms with van der Waals surface area (Å²) in [6.07, 6.45) is 0.954. The summed E-state index contributed by atoms with van der Waals surface area (Å²) in [4.78, 5) is 12.2. The molecule has 0 bridgehead atoms. The zero-order chi connectivity index (χ0) is 14.5. The van der Waals surface area contributed by atoms with E-state index in [4.69, 9.17) is 34.8 Å². The Kier molecular flexibility index (Phi) is 5.23. The van der Waals surface area contributed by atoms with Crippen LogP contribution in [0.3, 0.4) is 0 Å². The molecule has 0 unspecified atom stereocenters. The van der Waals surface area contributed by atoms with Crippen molar-refractivity contribution < 1.29 is 0 Å². The van der Waals surface area contributed by atoms with Gasteiger partial charge in [0.2, 0.25) is 17.2 Å². The zero-order valence-electron chi connectivity index (χ0n) is 10.6. The quantitative estimate of drug-likeness (QED) is 0.850. The summed E-state index contributed by atoms with van der Waals surface area (Å²) < 4.78 is 0. The largest absolute Gasteiger partial charge is 0.354 e. The lowest BCUT2D eigenvalue weighted by molar-refractivity contribution is 0.940. The van der Waals surface area contributed by atoms with Gasteiger partial charge in [-0.2, -0.15) is 15.0 Å². The highest BCUT2D eigenvalue weighted by Crippen LogP contribution is 2.24. The molecule has 2 N–H and O–H groups in total. The maximum Gasteiger partial charge on any atom is 0.233 e. The van der Waals surface area contributed by atoms with Gasteiger partial charge in [0.05, 0.1) is 0 Å². The van der Waals surface area contributed by atoms with Crippen LogP contribution in [0.1, 0.15) is 13.3 Å². The second-order valence-corrected chi connectivity index (χ2v) is 5.17. The van der Waals surface area contributed by atoms with Gasteiger partial charge in [-0.05, 0) is 36.2 Å². The first-order chi connectivity index (χ1) is 9.56. The van der Waals surface area contributed by atoms with Gasteiger partial charge in [-0.1, -0.05) is 30.1 Å². The van der Waals surface area contributed by atoms with Crippen molar-refractivity contribution in [2.24, 2.45) is 0 Å². The van der Waals surface area contributed by atoms with Crippen molar-refractivity contribution in [2.45, 2.75) is 13.3 Å². The van der Waals surface area contributed by atoms with Crippen LogP contribution in [0.25, 0.3) is 0 Å². The van der Waals surface area contributed by atoms with Gasteiger partial charge in [0, 0.05) is 22.3 Å². The number of rotatable bonds is 5. The number of nitrogens with one attached hydrogen (secondary N) is 2. The maximum atomic E-state index is 5.93. The molecular formula is C12H12Cl3N5. The van der Waals surface area contributed by atoms with E-state index >= 15 is 0 Å². The first-order valence-corrected chi connectivity index (χ1v) is 7.09. The average molecular weight is 333 g/mol. The SMILES string of the molecule is CCCNc1nc(Cl)nc(Nc2cc(Cl)cc(Cl)c2)n1. The van der Waals surface area contributed by atoms with Crippen molar-refractivity contribution in [2.75, 3.05) is 17.2 Å². The van der Waals surface area contributed by atoms with E-state index in [-0.39, 0.29) is 5.28 Å².